The molecule has 2 aliphatic rings. The Hall–Kier alpha value is -1.93. The third-order valence-electron chi connectivity index (χ3n) is 4.76. The number of rotatable bonds is 4. The summed E-state index contributed by atoms with van der Waals surface area (Å²) in [7, 11) is 0. The summed E-state index contributed by atoms with van der Waals surface area (Å²) in [6.45, 7) is 7.59. The molecule has 1 aromatic carbocycles. The summed E-state index contributed by atoms with van der Waals surface area (Å²) in [5, 5.41) is 6.46. The second-order valence-electron chi connectivity index (χ2n) is 6.98. The van der Waals surface area contributed by atoms with Crippen molar-refractivity contribution >= 4 is 40.5 Å². The molecule has 0 radical (unpaired) electrons. The van der Waals surface area contributed by atoms with E-state index in [9.17, 15) is 0 Å². The highest BCUT2D eigenvalue weighted by molar-refractivity contribution is 6.42. The van der Waals surface area contributed by atoms with Gasteiger partial charge in [-0.05, 0) is 25.1 Å². The number of hydrazine groups is 1. The van der Waals surface area contributed by atoms with Crippen LogP contribution in [0, 0.1) is 6.92 Å². The molecule has 0 saturated carbocycles. The molecule has 2 aromatic rings. The van der Waals surface area contributed by atoms with Crippen LogP contribution in [0.4, 0.5) is 11.5 Å². The number of amidine groups is 1. The predicted molar refractivity (Wildman–Crippen MR) is 114 cm³/mol. The Morgan fingerprint density at radius 3 is 2.68 bits per heavy atom. The Morgan fingerprint density at radius 1 is 1.07 bits per heavy atom. The van der Waals surface area contributed by atoms with E-state index >= 15 is 0 Å². The van der Waals surface area contributed by atoms with E-state index in [2.05, 4.69) is 25.6 Å². The summed E-state index contributed by atoms with van der Waals surface area (Å²) in [6.07, 6.45) is 0.802. The summed E-state index contributed by atoms with van der Waals surface area (Å²) in [5.41, 5.74) is 5.21. The third kappa shape index (κ3) is 4.72. The van der Waals surface area contributed by atoms with E-state index < -0.39 is 0 Å². The molecule has 1 aromatic heterocycles. The van der Waals surface area contributed by atoms with Gasteiger partial charge >= 0.3 is 0 Å². The number of nitrogens with one attached hydrogen (secondary N) is 2. The van der Waals surface area contributed by atoms with E-state index in [4.69, 9.17) is 28.2 Å². The number of benzene rings is 1. The van der Waals surface area contributed by atoms with E-state index in [1.165, 1.54) is 0 Å². The minimum atomic E-state index is 0.537. The Labute approximate surface area is 174 Å². The lowest BCUT2D eigenvalue weighted by Gasteiger charge is -2.26. The second-order valence-corrected chi connectivity index (χ2v) is 7.79. The van der Waals surface area contributed by atoms with Crippen LogP contribution in [0.1, 0.15) is 17.9 Å². The molecular formula is C19H23Cl2N7. The maximum atomic E-state index is 6.13. The van der Waals surface area contributed by atoms with Crippen LogP contribution in [-0.2, 0) is 6.54 Å². The fraction of sp³-hybridized carbons (Fsp3) is 0.421. The zero-order chi connectivity index (χ0) is 19.5. The molecule has 0 unspecified atom stereocenters. The van der Waals surface area contributed by atoms with E-state index in [0.29, 0.717) is 15.9 Å². The molecule has 9 heteroatoms. The van der Waals surface area contributed by atoms with E-state index in [0.717, 1.165) is 68.7 Å². The van der Waals surface area contributed by atoms with Crippen LogP contribution in [0.25, 0.3) is 0 Å². The number of hydrogen-bond acceptors (Lipinski definition) is 6. The molecule has 2 aliphatic heterocycles. The summed E-state index contributed by atoms with van der Waals surface area (Å²) in [6, 6.07) is 7.49. The summed E-state index contributed by atoms with van der Waals surface area (Å²) < 4.78 is 0. The maximum Gasteiger partial charge on any atom is 0.157 e. The Bertz CT molecular complexity index is 881. The van der Waals surface area contributed by atoms with Crippen molar-refractivity contribution in [3.8, 4) is 0 Å². The first-order chi connectivity index (χ1) is 13.6. The molecule has 148 valence electrons. The Balaban J connectivity index is 1.47. The smallest absolute Gasteiger partial charge is 0.157 e. The molecule has 2 fully saturated rings. The van der Waals surface area contributed by atoms with Crippen molar-refractivity contribution in [1.29, 1.82) is 0 Å². The van der Waals surface area contributed by atoms with Gasteiger partial charge in [0.05, 0.1) is 22.3 Å². The van der Waals surface area contributed by atoms with Crippen LogP contribution < -0.4 is 15.8 Å². The number of nitrogens with zero attached hydrogens (tertiary/aromatic N) is 5. The molecule has 0 aliphatic carbocycles. The average molecular weight is 420 g/mol. The van der Waals surface area contributed by atoms with Gasteiger partial charge in [0, 0.05) is 50.9 Å². The highest BCUT2D eigenvalue weighted by Crippen LogP contribution is 2.27. The van der Waals surface area contributed by atoms with Crippen molar-refractivity contribution in [3.63, 3.8) is 0 Å². The molecule has 7 nitrogen and oxygen atoms in total. The molecular weight excluding hydrogens is 397 g/mol. The number of aromatic nitrogens is 2. The van der Waals surface area contributed by atoms with Crippen molar-refractivity contribution < 1.29 is 0 Å². The molecule has 0 atom stereocenters. The Kier molecular flexibility index (Phi) is 5.96. The zero-order valence-corrected chi connectivity index (χ0v) is 17.3. The largest absolute Gasteiger partial charge is 0.314 e. The van der Waals surface area contributed by atoms with Crippen LogP contribution in [0.5, 0.6) is 0 Å². The molecule has 2 N–H and O–H groups in total. The number of aryl methyl sites for hydroxylation is 1. The number of aliphatic imine (C=N–C) groups is 1. The monoisotopic (exact) mass is 419 g/mol. The fourth-order valence-corrected chi connectivity index (χ4v) is 3.65. The van der Waals surface area contributed by atoms with Crippen molar-refractivity contribution in [2.75, 3.05) is 37.7 Å². The first-order valence-electron chi connectivity index (χ1n) is 9.41. The van der Waals surface area contributed by atoms with Crippen LogP contribution in [-0.4, -0.2) is 53.4 Å². The van der Waals surface area contributed by atoms with Gasteiger partial charge in [-0.25, -0.2) is 15.0 Å². The van der Waals surface area contributed by atoms with Crippen molar-refractivity contribution in [1.82, 2.24) is 25.6 Å². The summed E-state index contributed by atoms with van der Waals surface area (Å²) in [4.78, 5) is 16.3. The van der Waals surface area contributed by atoms with Gasteiger partial charge in [0.15, 0.2) is 5.82 Å². The number of piperazine rings is 1. The lowest BCUT2D eigenvalue weighted by Crippen LogP contribution is -2.43. The summed E-state index contributed by atoms with van der Waals surface area (Å²) in [5.74, 6) is 2.38. The maximum absolute atomic E-state index is 6.13. The topological polar surface area (TPSA) is 68.7 Å². The van der Waals surface area contributed by atoms with Gasteiger partial charge in [0.25, 0.3) is 0 Å². The highest BCUT2D eigenvalue weighted by atomic mass is 35.5. The minimum absolute atomic E-state index is 0.537. The first-order valence-corrected chi connectivity index (χ1v) is 10.2. The standard InChI is InChI=1S/C19H23Cl2N7/c1-13-10-18(25-19(23-13)12-27-8-5-22-6-9-27)24-17-4-7-28(26-17)14-2-3-15(20)16(21)11-14/h2-3,10-11,22H,4-9,12H2,1H3,(H,23,24,25,26). The first kappa shape index (κ1) is 19.4. The quantitative estimate of drug-likeness (QED) is 0.793. The lowest BCUT2D eigenvalue weighted by molar-refractivity contribution is 0.228. The van der Waals surface area contributed by atoms with E-state index in [1.54, 1.807) is 6.07 Å². The van der Waals surface area contributed by atoms with Crippen LogP contribution in [0.2, 0.25) is 10.0 Å². The van der Waals surface area contributed by atoms with Crippen LogP contribution in [0.3, 0.4) is 0 Å². The number of hydrogen-bond donors (Lipinski definition) is 2. The van der Waals surface area contributed by atoms with Gasteiger partial charge < -0.3 is 5.32 Å². The minimum Gasteiger partial charge on any atom is -0.314 e. The molecule has 0 spiro atoms. The molecule has 0 amide bonds. The van der Waals surface area contributed by atoms with Crippen LogP contribution >= 0.6 is 23.2 Å². The summed E-state index contributed by atoms with van der Waals surface area (Å²) >= 11 is 12.1. The fourth-order valence-electron chi connectivity index (χ4n) is 3.36. The van der Waals surface area contributed by atoms with E-state index in [1.807, 2.05) is 30.1 Å². The molecule has 2 saturated heterocycles. The van der Waals surface area contributed by atoms with Crippen molar-refractivity contribution in [3.05, 3.63) is 45.8 Å². The molecule has 0 bridgehead atoms. The highest BCUT2D eigenvalue weighted by Gasteiger charge is 2.19. The third-order valence-corrected chi connectivity index (χ3v) is 5.50. The lowest BCUT2D eigenvalue weighted by atomic mass is 10.3. The molecule has 4 rings (SSSR count). The Morgan fingerprint density at radius 2 is 1.89 bits per heavy atom. The number of anilines is 1. The zero-order valence-electron chi connectivity index (χ0n) is 15.8. The average Bonchev–Trinajstić information content (AvgIpc) is 3.13. The van der Waals surface area contributed by atoms with Crippen molar-refractivity contribution in [2.24, 2.45) is 4.99 Å². The second kappa shape index (κ2) is 8.61. The molecule has 3 heterocycles. The van der Waals surface area contributed by atoms with Gasteiger partial charge in [-0.2, -0.15) is 0 Å². The molecule has 28 heavy (non-hydrogen) atoms. The predicted octanol–water partition coefficient (Wildman–Crippen LogP) is 2.94. The van der Waals surface area contributed by atoms with Gasteiger partial charge in [0.1, 0.15) is 11.7 Å². The van der Waals surface area contributed by atoms with Gasteiger partial charge in [-0.1, -0.05) is 23.2 Å². The normalized spacial score (nSPS) is 19.2. The van der Waals surface area contributed by atoms with Gasteiger partial charge in [0.2, 0.25) is 0 Å². The van der Waals surface area contributed by atoms with Crippen LogP contribution in [0.15, 0.2) is 29.3 Å². The number of halogens is 2. The van der Waals surface area contributed by atoms with Gasteiger partial charge in [-0.15, -0.1) is 0 Å². The SMILES string of the molecule is Cc1cc(N=C2CCN(c3ccc(Cl)c(Cl)c3)N2)nc(CN2CCNCC2)n1. The van der Waals surface area contributed by atoms with Gasteiger partial charge in [-0.3, -0.25) is 15.3 Å². The van der Waals surface area contributed by atoms with E-state index in [-0.39, 0.29) is 0 Å². The van der Waals surface area contributed by atoms with Crippen molar-refractivity contribution in [2.45, 2.75) is 19.9 Å².